The van der Waals surface area contributed by atoms with E-state index in [4.69, 9.17) is 9.47 Å². The van der Waals surface area contributed by atoms with Gasteiger partial charge in [0.2, 0.25) is 0 Å². The van der Waals surface area contributed by atoms with Gasteiger partial charge in [-0.3, -0.25) is 4.79 Å². The second kappa shape index (κ2) is 8.68. The summed E-state index contributed by atoms with van der Waals surface area (Å²) in [6.07, 6.45) is -4.85. The molecule has 0 saturated heterocycles. The summed E-state index contributed by atoms with van der Waals surface area (Å²) in [7, 11) is 2.94. The number of hydrogen-bond donors (Lipinski definition) is 2. The second-order valence-electron chi connectivity index (χ2n) is 7.78. The quantitative estimate of drug-likeness (QED) is 0.553. The number of carbonyl (C=O) groups is 1. The van der Waals surface area contributed by atoms with Crippen LogP contribution < -0.4 is 20.1 Å². The third-order valence-electron chi connectivity index (χ3n) is 5.54. The molecule has 0 saturated carbocycles. The molecule has 2 N–H and O–H groups in total. The Bertz CT molecular complexity index is 1160. The predicted molar refractivity (Wildman–Crippen MR) is 117 cm³/mol. The largest absolute Gasteiger partial charge is 0.493 e. The van der Waals surface area contributed by atoms with Crippen molar-refractivity contribution in [1.29, 1.82) is 0 Å². The minimum Gasteiger partial charge on any atom is -0.493 e. The molecule has 2 heterocycles. The average Bonchev–Trinajstić information content (AvgIpc) is 3.23. The Hall–Kier alpha value is -3.69. The standard InChI is InChI=1S/C23H23F3N4O3/c1-13-4-7-15(8-5-13)27-22(31)17-12-21-28-16(11-20(23(24,25)26)30(21)29-17)14-6-9-18(32-2)19(10-14)33-3/h4-10,12,16,20,28H,11H2,1-3H3,(H,27,31)/t16-,20+/m0/s1. The van der Waals surface area contributed by atoms with Gasteiger partial charge >= 0.3 is 6.18 Å². The zero-order chi connectivity index (χ0) is 23.8. The van der Waals surface area contributed by atoms with Gasteiger partial charge in [-0.25, -0.2) is 4.68 Å². The highest BCUT2D eigenvalue weighted by atomic mass is 19.4. The number of methoxy groups -OCH3 is 2. The lowest BCUT2D eigenvalue weighted by Crippen LogP contribution is -2.35. The van der Waals surface area contributed by atoms with Crippen molar-refractivity contribution in [2.24, 2.45) is 0 Å². The molecule has 1 aromatic heterocycles. The van der Waals surface area contributed by atoms with Crippen LogP contribution in [0.25, 0.3) is 0 Å². The summed E-state index contributed by atoms with van der Waals surface area (Å²) in [5.41, 5.74) is 2.03. The van der Waals surface area contributed by atoms with Crippen molar-refractivity contribution in [3.8, 4) is 11.5 Å². The number of rotatable bonds is 5. The number of aryl methyl sites for hydroxylation is 1. The van der Waals surface area contributed by atoms with Gasteiger partial charge in [0.25, 0.3) is 5.91 Å². The summed E-state index contributed by atoms with van der Waals surface area (Å²) in [6, 6.07) is 10.8. The molecule has 0 aliphatic carbocycles. The van der Waals surface area contributed by atoms with Gasteiger partial charge in [0.05, 0.1) is 20.3 Å². The molecule has 1 aliphatic heterocycles. The maximum absolute atomic E-state index is 13.9. The summed E-state index contributed by atoms with van der Waals surface area (Å²) in [4.78, 5) is 12.7. The van der Waals surface area contributed by atoms with Crippen LogP contribution in [0.4, 0.5) is 24.7 Å². The number of halogens is 3. The van der Waals surface area contributed by atoms with Crippen LogP contribution in [0.15, 0.2) is 48.5 Å². The molecule has 33 heavy (non-hydrogen) atoms. The smallest absolute Gasteiger partial charge is 0.410 e. The molecule has 0 unspecified atom stereocenters. The van der Waals surface area contributed by atoms with Crippen LogP contribution in [0.5, 0.6) is 11.5 Å². The van der Waals surface area contributed by atoms with E-state index in [1.54, 1.807) is 30.3 Å². The number of alkyl halides is 3. The number of benzene rings is 2. The van der Waals surface area contributed by atoms with Crippen molar-refractivity contribution in [2.45, 2.75) is 31.6 Å². The monoisotopic (exact) mass is 460 g/mol. The van der Waals surface area contributed by atoms with Crippen molar-refractivity contribution in [3.05, 3.63) is 65.4 Å². The topological polar surface area (TPSA) is 77.4 Å². The fourth-order valence-corrected chi connectivity index (χ4v) is 3.80. The van der Waals surface area contributed by atoms with E-state index in [9.17, 15) is 18.0 Å². The lowest BCUT2D eigenvalue weighted by molar-refractivity contribution is -0.173. The van der Waals surface area contributed by atoms with Crippen LogP contribution in [0, 0.1) is 6.92 Å². The fourth-order valence-electron chi connectivity index (χ4n) is 3.80. The van der Waals surface area contributed by atoms with Crippen molar-refractivity contribution in [3.63, 3.8) is 0 Å². The van der Waals surface area contributed by atoms with Crippen LogP contribution in [-0.4, -0.2) is 36.1 Å². The maximum atomic E-state index is 13.9. The van der Waals surface area contributed by atoms with Gasteiger partial charge in [-0.2, -0.15) is 18.3 Å². The molecule has 0 radical (unpaired) electrons. The SMILES string of the molecule is COc1ccc([C@@H]2C[C@H](C(F)(F)F)n3nc(C(=O)Nc4ccc(C)cc4)cc3N2)cc1OC. The Kier molecular flexibility index (Phi) is 5.92. The molecule has 2 atom stereocenters. The maximum Gasteiger partial charge on any atom is 0.410 e. The van der Waals surface area contributed by atoms with Crippen LogP contribution in [-0.2, 0) is 0 Å². The number of hydrogen-bond acceptors (Lipinski definition) is 5. The van der Waals surface area contributed by atoms with E-state index in [0.29, 0.717) is 22.7 Å². The number of carbonyl (C=O) groups excluding carboxylic acids is 1. The molecule has 4 rings (SSSR count). The van der Waals surface area contributed by atoms with E-state index >= 15 is 0 Å². The Morgan fingerprint density at radius 1 is 1.09 bits per heavy atom. The van der Waals surface area contributed by atoms with Crippen molar-refractivity contribution in [1.82, 2.24) is 9.78 Å². The van der Waals surface area contributed by atoms with Gasteiger partial charge in [-0.05, 0) is 36.8 Å². The van der Waals surface area contributed by atoms with E-state index in [1.807, 2.05) is 19.1 Å². The Labute approximate surface area is 188 Å². The lowest BCUT2D eigenvalue weighted by atomic mass is 9.96. The molecule has 10 heteroatoms. The first-order chi connectivity index (χ1) is 15.7. The lowest BCUT2D eigenvalue weighted by Gasteiger charge is -2.33. The van der Waals surface area contributed by atoms with Crippen molar-refractivity contribution < 1.29 is 27.4 Å². The fraction of sp³-hybridized carbons (Fsp3) is 0.304. The molecule has 7 nitrogen and oxygen atoms in total. The van der Waals surface area contributed by atoms with Crippen molar-refractivity contribution >= 4 is 17.4 Å². The van der Waals surface area contributed by atoms with E-state index in [-0.39, 0.29) is 17.9 Å². The van der Waals surface area contributed by atoms with Crippen molar-refractivity contribution in [2.75, 3.05) is 24.9 Å². The Morgan fingerprint density at radius 2 is 1.79 bits per heavy atom. The second-order valence-corrected chi connectivity index (χ2v) is 7.78. The summed E-state index contributed by atoms with van der Waals surface area (Å²) in [5.74, 6) is 0.408. The summed E-state index contributed by atoms with van der Waals surface area (Å²) in [5, 5.41) is 9.72. The number of nitrogens with one attached hydrogen (secondary N) is 2. The number of amides is 1. The zero-order valence-electron chi connectivity index (χ0n) is 18.2. The first-order valence-corrected chi connectivity index (χ1v) is 10.2. The highest BCUT2D eigenvalue weighted by molar-refractivity contribution is 6.03. The molecule has 2 aromatic carbocycles. The number of nitrogens with zero attached hydrogens (tertiary/aromatic N) is 2. The molecule has 0 bridgehead atoms. The molecule has 174 valence electrons. The summed E-state index contributed by atoms with van der Waals surface area (Å²) in [6.45, 7) is 1.91. The molecular weight excluding hydrogens is 437 g/mol. The van der Waals surface area contributed by atoms with E-state index in [2.05, 4.69) is 15.7 Å². The Balaban J connectivity index is 1.64. The zero-order valence-corrected chi connectivity index (χ0v) is 18.2. The van der Waals surface area contributed by atoms with Crippen LogP contribution >= 0.6 is 0 Å². The molecule has 1 amide bonds. The third kappa shape index (κ3) is 4.59. The first-order valence-electron chi connectivity index (χ1n) is 10.2. The number of fused-ring (bicyclic) bond motifs is 1. The van der Waals surface area contributed by atoms with Crippen LogP contribution in [0.1, 0.15) is 40.1 Å². The van der Waals surface area contributed by atoms with Gasteiger partial charge < -0.3 is 20.1 Å². The summed E-state index contributed by atoms with van der Waals surface area (Å²) >= 11 is 0. The number of aromatic nitrogens is 2. The van der Waals surface area contributed by atoms with Crippen LogP contribution in [0.3, 0.4) is 0 Å². The first kappa shape index (κ1) is 22.5. The van der Waals surface area contributed by atoms with Gasteiger partial charge in [0, 0.05) is 18.2 Å². The average molecular weight is 460 g/mol. The molecular formula is C23H23F3N4O3. The van der Waals surface area contributed by atoms with Gasteiger partial charge in [0.1, 0.15) is 5.82 Å². The highest BCUT2D eigenvalue weighted by Gasteiger charge is 2.47. The van der Waals surface area contributed by atoms with Gasteiger partial charge in [-0.1, -0.05) is 23.8 Å². The predicted octanol–water partition coefficient (Wildman–Crippen LogP) is 5.12. The van der Waals surface area contributed by atoms with E-state index in [0.717, 1.165) is 10.2 Å². The number of anilines is 2. The normalized spacial score (nSPS) is 17.6. The summed E-state index contributed by atoms with van der Waals surface area (Å²) < 4.78 is 53.1. The third-order valence-corrected chi connectivity index (χ3v) is 5.54. The van der Waals surface area contributed by atoms with Crippen LogP contribution in [0.2, 0.25) is 0 Å². The number of ether oxygens (including phenoxy) is 2. The van der Waals surface area contributed by atoms with Gasteiger partial charge in [0.15, 0.2) is 23.2 Å². The minimum absolute atomic E-state index is 0.109. The van der Waals surface area contributed by atoms with E-state index < -0.39 is 24.2 Å². The van der Waals surface area contributed by atoms with E-state index in [1.165, 1.54) is 20.3 Å². The molecule has 3 aromatic rings. The molecule has 0 fully saturated rings. The molecule has 1 aliphatic rings. The minimum atomic E-state index is -4.55. The molecule has 0 spiro atoms. The Morgan fingerprint density at radius 3 is 2.42 bits per heavy atom. The highest BCUT2D eigenvalue weighted by Crippen LogP contribution is 2.44. The van der Waals surface area contributed by atoms with Gasteiger partial charge in [-0.15, -0.1) is 0 Å².